The lowest BCUT2D eigenvalue weighted by Gasteiger charge is -2.08. The Morgan fingerprint density at radius 3 is 2.83 bits per heavy atom. The lowest BCUT2D eigenvalue weighted by Crippen LogP contribution is -2.05. The second-order valence-corrected chi connectivity index (χ2v) is 3.86. The van der Waals surface area contributed by atoms with Crippen LogP contribution in [0.1, 0.15) is 23.7 Å². The molecule has 0 spiro atoms. The molecule has 0 unspecified atom stereocenters. The first-order valence-corrected chi connectivity index (χ1v) is 5.86. The summed E-state index contributed by atoms with van der Waals surface area (Å²) in [4.78, 5) is 8.51. The van der Waals surface area contributed by atoms with Crippen LogP contribution in [0.5, 0.6) is 0 Å². The minimum absolute atomic E-state index is 0.563. The van der Waals surface area contributed by atoms with Crippen molar-refractivity contribution in [2.75, 3.05) is 5.32 Å². The Labute approximate surface area is 106 Å². The Kier molecular flexibility index (Phi) is 3.87. The molecule has 0 amide bonds. The topological polar surface area (TPSA) is 61.6 Å². The molecule has 4 nitrogen and oxygen atoms in total. The quantitative estimate of drug-likeness (QED) is 0.889. The summed E-state index contributed by atoms with van der Waals surface area (Å²) in [5.41, 5.74) is 2.83. The molecule has 0 aromatic carbocycles. The van der Waals surface area contributed by atoms with Gasteiger partial charge in [-0.25, -0.2) is 4.98 Å². The first-order valence-electron chi connectivity index (χ1n) is 5.86. The van der Waals surface area contributed by atoms with Crippen LogP contribution in [-0.2, 0) is 13.0 Å². The maximum Gasteiger partial charge on any atom is 0.126 e. The largest absolute Gasteiger partial charge is 0.364 e. The molecule has 0 radical (unpaired) electrons. The Hall–Kier alpha value is -2.41. The molecule has 2 rings (SSSR count). The summed E-state index contributed by atoms with van der Waals surface area (Å²) in [5, 5.41) is 11.9. The SMILES string of the molecule is CCc1cccnc1CNc1ccc(C#N)cn1. The van der Waals surface area contributed by atoms with E-state index in [1.165, 1.54) is 5.56 Å². The molecule has 0 saturated heterocycles. The predicted molar refractivity (Wildman–Crippen MR) is 69.9 cm³/mol. The van der Waals surface area contributed by atoms with E-state index in [-0.39, 0.29) is 0 Å². The third-order valence-electron chi connectivity index (χ3n) is 2.69. The van der Waals surface area contributed by atoms with Crippen LogP contribution in [0.3, 0.4) is 0 Å². The molecular formula is C14H14N4. The lowest BCUT2D eigenvalue weighted by molar-refractivity contribution is 0.964. The maximum absolute atomic E-state index is 8.68. The van der Waals surface area contributed by atoms with E-state index in [2.05, 4.69) is 28.3 Å². The zero-order valence-corrected chi connectivity index (χ0v) is 10.2. The summed E-state index contributed by atoms with van der Waals surface area (Å²) >= 11 is 0. The number of aromatic nitrogens is 2. The first-order chi connectivity index (χ1) is 8.83. The van der Waals surface area contributed by atoms with E-state index in [9.17, 15) is 0 Å². The summed E-state index contributed by atoms with van der Waals surface area (Å²) < 4.78 is 0. The average molecular weight is 238 g/mol. The van der Waals surface area contributed by atoms with Crippen molar-refractivity contribution in [3.8, 4) is 6.07 Å². The molecule has 2 aromatic heterocycles. The fourth-order valence-corrected chi connectivity index (χ4v) is 1.69. The van der Waals surface area contributed by atoms with Gasteiger partial charge in [0, 0.05) is 12.4 Å². The summed E-state index contributed by atoms with van der Waals surface area (Å²) in [5.74, 6) is 0.752. The third-order valence-corrected chi connectivity index (χ3v) is 2.69. The molecule has 2 heterocycles. The molecule has 90 valence electrons. The zero-order valence-electron chi connectivity index (χ0n) is 10.2. The summed E-state index contributed by atoms with van der Waals surface area (Å²) in [6, 6.07) is 9.61. The van der Waals surface area contributed by atoms with Gasteiger partial charge < -0.3 is 5.32 Å². The second kappa shape index (κ2) is 5.78. The van der Waals surface area contributed by atoms with Crippen molar-refractivity contribution >= 4 is 5.82 Å². The van der Waals surface area contributed by atoms with Crippen molar-refractivity contribution in [3.05, 3.63) is 53.5 Å². The van der Waals surface area contributed by atoms with Gasteiger partial charge in [-0.05, 0) is 30.2 Å². The normalized spacial score (nSPS) is 9.78. The van der Waals surface area contributed by atoms with Crippen molar-refractivity contribution in [1.82, 2.24) is 9.97 Å². The van der Waals surface area contributed by atoms with E-state index >= 15 is 0 Å². The van der Waals surface area contributed by atoms with Crippen LogP contribution in [0, 0.1) is 11.3 Å². The van der Waals surface area contributed by atoms with Crippen LogP contribution in [0.15, 0.2) is 36.7 Å². The van der Waals surface area contributed by atoms with Crippen LogP contribution in [0.25, 0.3) is 0 Å². The molecular weight excluding hydrogens is 224 g/mol. The van der Waals surface area contributed by atoms with Gasteiger partial charge in [0.1, 0.15) is 11.9 Å². The second-order valence-electron chi connectivity index (χ2n) is 3.86. The van der Waals surface area contributed by atoms with Crippen LogP contribution in [0.4, 0.5) is 5.82 Å². The van der Waals surface area contributed by atoms with Crippen LogP contribution in [-0.4, -0.2) is 9.97 Å². The lowest BCUT2D eigenvalue weighted by atomic mass is 10.1. The number of aryl methyl sites for hydroxylation is 1. The number of pyridine rings is 2. The minimum atomic E-state index is 0.563. The van der Waals surface area contributed by atoms with Crippen molar-refractivity contribution in [2.45, 2.75) is 19.9 Å². The molecule has 18 heavy (non-hydrogen) atoms. The molecule has 0 bridgehead atoms. The monoisotopic (exact) mass is 238 g/mol. The van der Waals surface area contributed by atoms with Crippen LogP contribution >= 0.6 is 0 Å². The van der Waals surface area contributed by atoms with Crippen molar-refractivity contribution in [1.29, 1.82) is 5.26 Å². The predicted octanol–water partition coefficient (Wildman–Crippen LogP) is 2.52. The van der Waals surface area contributed by atoms with Crippen molar-refractivity contribution in [2.24, 2.45) is 0 Å². The van der Waals surface area contributed by atoms with Gasteiger partial charge in [-0.2, -0.15) is 5.26 Å². The Morgan fingerprint density at radius 1 is 1.28 bits per heavy atom. The fourth-order valence-electron chi connectivity index (χ4n) is 1.69. The highest BCUT2D eigenvalue weighted by atomic mass is 15.0. The smallest absolute Gasteiger partial charge is 0.126 e. The molecule has 2 aromatic rings. The van der Waals surface area contributed by atoms with E-state index in [1.54, 1.807) is 24.5 Å². The van der Waals surface area contributed by atoms with E-state index in [1.807, 2.05) is 12.1 Å². The number of hydrogen-bond donors (Lipinski definition) is 1. The molecule has 4 heteroatoms. The Balaban J connectivity index is 2.04. The van der Waals surface area contributed by atoms with E-state index in [4.69, 9.17) is 5.26 Å². The number of rotatable bonds is 4. The molecule has 0 saturated carbocycles. The third kappa shape index (κ3) is 2.83. The number of nitrogens with one attached hydrogen (secondary N) is 1. The summed E-state index contributed by atoms with van der Waals surface area (Å²) in [7, 11) is 0. The minimum Gasteiger partial charge on any atom is -0.364 e. The maximum atomic E-state index is 8.68. The van der Waals surface area contributed by atoms with E-state index in [0.717, 1.165) is 17.9 Å². The zero-order chi connectivity index (χ0) is 12.8. The summed E-state index contributed by atoms with van der Waals surface area (Å²) in [6.45, 7) is 2.75. The number of nitriles is 1. The first kappa shape index (κ1) is 12.1. The van der Waals surface area contributed by atoms with Gasteiger partial charge in [0.05, 0.1) is 17.8 Å². The van der Waals surface area contributed by atoms with Gasteiger partial charge in [0.25, 0.3) is 0 Å². The highest BCUT2D eigenvalue weighted by molar-refractivity contribution is 5.39. The molecule has 0 aliphatic carbocycles. The summed E-state index contributed by atoms with van der Waals surface area (Å²) in [6.07, 6.45) is 4.32. The van der Waals surface area contributed by atoms with E-state index in [0.29, 0.717) is 12.1 Å². The van der Waals surface area contributed by atoms with Crippen LogP contribution in [0.2, 0.25) is 0 Å². The van der Waals surface area contributed by atoms with Crippen LogP contribution < -0.4 is 5.32 Å². The Morgan fingerprint density at radius 2 is 2.17 bits per heavy atom. The highest BCUT2D eigenvalue weighted by Crippen LogP contribution is 2.09. The Bertz CT molecular complexity index is 555. The van der Waals surface area contributed by atoms with Gasteiger partial charge in [0.2, 0.25) is 0 Å². The van der Waals surface area contributed by atoms with Crippen molar-refractivity contribution in [3.63, 3.8) is 0 Å². The molecule has 1 N–H and O–H groups in total. The van der Waals surface area contributed by atoms with Gasteiger partial charge >= 0.3 is 0 Å². The standard InChI is InChI=1S/C14H14N4/c1-2-12-4-3-7-16-13(12)10-18-14-6-5-11(8-15)9-17-14/h3-7,9H,2,10H2,1H3,(H,17,18). The van der Waals surface area contributed by atoms with Gasteiger partial charge in [0.15, 0.2) is 0 Å². The highest BCUT2D eigenvalue weighted by Gasteiger charge is 2.01. The number of nitrogens with zero attached hydrogens (tertiary/aromatic N) is 3. The number of anilines is 1. The van der Waals surface area contributed by atoms with E-state index < -0.39 is 0 Å². The fraction of sp³-hybridized carbons (Fsp3) is 0.214. The number of hydrogen-bond acceptors (Lipinski definition) is 4. The van der Waals surface area contributed by atoms with Gasteiger partial charge in [-0.1, -0.05) is 13.0 Å². The molecule has 0 fully saturated rings. The van der Waals surface area contributed by atoms with Crippen molar-refractivity contribution < 1.29 is 0 Å². The van der Waals surface area contributed by atoms with Gasteiger partial charge in [-0.15, -0.1) is 0 Å². The molecule has 0 atom stereocenters. The molecule has 0 aliphatic heterocycles. The molecule has 0 aliphatic rings. The van der Waals surface area contributed by atoms with Gasteiger partial charge in [-0.3, -0.25) is 4.98 Å². The average Bonchev–Trinajstić information content (AvgIpc) is 2.46.